The topological polar surface area (TPSA) is 116 Å². The molecule has 2 heterocycles. The number of benzene rings is 2. The molecule has 9 nitrogen and oxygen atoms in total. The third kappa shape index (κ3) is 3.89. The van der Waals surface area contributed by atoms with Gasteiger partial charge >= 0.3 is 11.9 Å². The fourth-order valence-electron chi connectivity index (χ4n) is 4.06. The van der Waals surface area contributed by atoms with Gasteiger partial charge < -0.3 is 29.2 Å². The molecule has 0 spiro atoms. The van der Waals surface area contributed by atoms with E-state index in [9.17, 15) is 19.5 Å². The number of aromatic nitrogens is 1. The van der Waals surface area contributed by atoms with Crippen molar-refractivity contribution >= 4 is 23.5 Å². The summed E-state index contributed by atoms with van der Waals surface area (Å²) in [7, 11) is 4.35. The summed E-state index contributed by atoms with van der Waals surface area (Å²) in [5.41, 5.74) is 2.52. The molecule has 0 radical (unpaired) electrons. The summed E-state index contributed by atoms with van der Waals surface area (Å²) in [6, 6.07) is 11.9. The maximum absolute atomic E-state index is 12.5. The number of rotatable bonds is 6. The van der Waals surface area contributed by atoms with E-state index in [1.807, 2.05) is 0 Å². The molecule has 1 aliphatic heterocycles. The van der Waals surface area contributed by atoms with E-state index in [4.69, 9.17) is 14.2 Å². The van der Waals surface area contributed by atoms with Gasteiger partial charge in [-0.15, -0.1) is 0 Å². The van der Waals surface area contributed by atoms with Crippen LogP contribution in [0.5, 0.6) is 11.5 Å². The zero-order valence-electron chi connectivity index (χ0n) is 18.2. The number of carbonyl (C=O) groups is 3. The fraction of sp³-hybridized carbons (Fsp3) is 0.208. The van der Waals surface area contributed by atoms with E-state index in [1.165, 1.54) is 27.5 Å². The number of amides is 1. The number of hydrogen-bond acceptors (Lipinski definition) is 6. The lowest BCUT2D eigenvalue weighted by Crippen LogP contribution is -2.25. The normalized spacial score (nSPS) is 14.8. The molecular weight excluding hydrogens is 428 g/mol. The number of carboxylic acids is 1. The summed E-state index contributed by atoms with van der Waals surface area (Å²) in [6.45, 7) is 0. The quantitative estimate of drug-likeness (QED) is 0.553. The van der Waals surface area contributed by atoms with Crippen LogP contribution in [0, 0.1) is 0 Å². The number of carbonyl (C=O) groups excluding carboxylic acids is 2. The number of nitrogens with zero attached hydrogens (tertiary/aromatic N) is 1. The average Bonchev–Trinajstić information content (AvgIpc) is 3.22. The maximum Gasteiger partial charge on any atom is 0.339 e. The van der Waals surface area contributed by atoms with E-state index in [1.54, 1.807) is 47.0 Å². The first-order valence-electron chi connectivity index (χ1n) is 10.1. The first kappa shape index (κ1) is 21.9. The lowest BCUT2D eigenvalue weighted by atomic mass is 9.87. The minimum Gasteiger partial charge on any atom is -0.497 e. The zero-order chi connectivity index (χ0) is 23.7. The van der Waals surface area contributed by atoms with Gasteiger partial charge in [0.25, 0.3) is 0 Å². The molecule has 0 bridgehead atoms. The first-order valence-corrected chi connectivity index (χ1v) is 10.1. The van der Waals surface area contributed by atoms with Gasteiger partial charge in [0.1, 0.15) is 17.1 Å². The minimum atomic E-state index is -1.17. The molecule has 33 heavy (non-hydrogen) atoms. The van der Waals surface area contributed by atoms with Crippen molar-refractivity contribution in [2.45, 2.75) is 12.3 Å². The molecule has 0 unspecified atom stereocenters. The van der Waals surface area contributed by atoms with Gasteiger partial charge in [-0.05, 0) is 29.8 Å². The van der Waals surface area contributed by atoms with Gasteiger partial charge in [0, 0.05) is 24.6 Å². The third-order valence-corrected chi connectivity index (χ3v) is 5.64. The molecule has 3 aromatic rings. The predicted molar refractivity (Wildman–Crippen MR) is 119 cm³/mol. The number of aromatic carboxylic acids is 1. The van der Waals surface area contributed by atoms with E-state index < -0.39 is 17.9 Å². The standard InChI is InChI=1S/C24H22N2O7/c1-31-15-8-9-18(19(10-15)32-2)26-12-17(23(28)29)21-22(26)16(11-20(27)25-21)13-4-6-14(7-5-13)24(30)33-3/h4-10,12,16H,11H2,1-3H3,(H,25,27)(H,28,29)/t16-/m0/s1. The van der Waals surface area contributed by atoms with Crippen molar-refractivity contribution in [1.29, 1.82) is 0 Å². The Labute approximate surface area is 189 Å². The molecule has 2 aromatic carbocycles. The van der Waals surface area contributed by atoms with Crippen LogP contribution < -0.4 is 14.8 Å². The fourth-order valence-corrected chi connectivity index (χ4v) is 4.06. The zero-order valence-corrected chi connectivity index (χ0v) is 18.2. The maximum atomic E-state index is 12.5. The molecule has 2 N–H and O–H groups in total. The Morgan fingerprint density at radius 1 is 1.06 bits per heavy atom. The first-order chi connectivity index (χ1) is 15.9. The van der Waals surface area contributed by atoms with Crippen molar-refractivity contribution in [2.75, 3.05) is 26.6 Å². The summed E-state index contributed by atoms with van der Waals surface area (Å²) >= 11 is 0. The van der Waals surface area contributed by atoms with Gasteiger partial charge in [-0.25, -0.2) is 9.59 Å². The van der Waals surface area contributed by atoms with Crippen LogP contribution >= 0.6 is 0 Å². The van der Waals surface area contributed by atoms with E-state index in [0.29, 0.717) is 28.4 Å². The van der Waals surface area contributed by atoms with E-state index in [0.717, 1.165) is 5.56 Å². The van der Waals surface area contributed by atoms with Crippen LogP contribution in [0.4, 0.5) is 5.69 Å². The summed E-state index contributed by atoms with van der Waals surface area (Å²) in [6.07, 6.45) is 1.57. The smallest absolute Gasteiger partial charge is 0.339 e. The van der Waals surface area contributed by atoms with Crippen molar-refractivity contribution < 1.29 is 33.7 Å². The summed E-state index contributed by atoms with van der Waals surface area (Å²) in [5, 5.41) is 12.5. The van der Waals surface area contributed by atoms with Crippen molar-refractivity contribution in [1.82, 2.24) is 4.57 Å². The second-order valence-electron chi connectivity index (χ2n) is 7.43. The summed E-state index contributed by atoms with van der Waals surface area (Å²) in [4.78, 5) is 36.3. The summed E-state index contributed by atoms with van der Waals surface area (Å²) < 4.78 is 17.3. The Bertz CT molecular complexity index is 1240. The van der Waals surface area contributed by atoms with Crippen LogP contribution in [-0.2, 0) is 9.53 Å². The molecule has 1 amide bonds. The molecule has 4 rings (SSSR count). The molecule has 0 saturated carbocycles. The summed E-state index contributed by atoms with van der Waals surface area (Å²) in [5.74, 6) is -1.34. The van der Waals surface area contributed by atoms with Crippen LogP contribution in [0.3, 0.4) is 0 Å². The van der Waals surface area contributed by atoms with Gasteiger partial charge in [0.05, 0.1) is 44.0 Å². The van der Waals surface area contributed by atoms with E-state index >= 15 is 0 Å². The number of esters is 1. The Kier molecular flexibility index (Phi) is 5.78. The Balaban J connectivity index is 1.92. The molecule has 170 valence electrons. The second kappa shape index (κ2) is 8.70. The minimum absolute atomic E-state index is 0.0351. The number of hydrogen-bond donors (Lipinski definition) is 2. The van der Waals surface area contributed by atoms with Crippen molar-refractivity contribution in [3.05, 3.63) is 71.0 Å². The highest BCUT2D eigenvalue weighted by molar-refractivity contribution is 6.04. The molecule has 0 saturated heterocycles. The van der Waals surface area contributed by atoms with Crippen LogP contribution in [0.1, 0.15) is 44.3 Å². The molecular formula is C24H22N2O7. The number of nitrogens with one attached hydrogen (secondary N) is 1. The lowest BCUT2D eigenvalue weighted by Gasteiger charge is -2.27. The van der Waals surface area contributed by atoms with Crippen molar-refractivity contribution in [3.8, 4) is 17.2 Å². The van der Waals surface area contributed by atoms with Crippen molar-refractivity contribution in [2.24, 2.45) is 0 Å². The SMILES string of the molecule is COC(=O)c1ccc([C@@H]2CC(=O)Nc3c(C(=O)O)cn(-c4ccc(OC)cc4OC)c32)cc1. The van der Waals surface area contributed by atoms with E-state index in [-0.39, 0.29) is 23.6 Å². The molecule has 1 atom stereocenters. The number of fused-ring (bicyclic) bond motifs is 1. The molecule has 1 aromatic heterocycles. The van der Waals surface area contributed by atoms with E-state index in [2.05, 4.69) is 5.32 Å². The Morgan fingerprint density at radius 3 is 2.39 bits per heavy atom. The predicted octanol–water partition coefficient (Wildman–Crippen LogP) is 3.45. The monoisotopic (exact) mass is 450 g/mol. The van der Waals surface area contributed by atoms with Gasteiger partial charge in [-0.2, -0.15) is 0 Å². The molecule has 0 fully saturated rings. The largest absolute Gasteiger partial charge is 0.497 e. The number of methoxy groups -OCH3 is 3. The van der Waals surface area contributed by atoms with Crippen LogP contribution in [-0.4, -0.2) is 48.8 Å². The van der Waals surface area contributed by atoms with Gasteiger partial charge in [-0.1, -0.05) is 12.1 Å². The number of anilines is 1. The highest BCUT2D eigenvalue weighted by Crippen LogP contribution is 2.43. The van der Waals surface area contributed by atoms with Crippen LogP contribution in [0.25, 0.3) is 5.69 Å². The highest BCUT2D eigenvalue weighted by atomic mass is 16.5. The highest BCUT2D eigenvalue weighted by Gasteiger charge is 2.35. The Hall–Kier alpha value is -4.27. The van der Waals surface area contributed by atoms with Gasteiger partial charge in [-0.3, -0.25) is 4.79 Å². The van der Waals surface area contributed by atoms with Gasteiger partial charge in [0.2, 0.25) is 5.91 Å². The molecule has 1 aliphatic rings. The van der Waals surface area contributed by atoms with Crippen molar-refractivity contribution in [3.63, 3.8) is 0 Å². The van der Waals surface area contributed by atoms with Crippen LogP contribution in [0.2, 0.25) is 0 Å². The molecule has 9 heteroatoms. The Morgan fingerprint density at radius 2 is 1.79 bits per heavy atom. The third-order valence-electron chi connectivity index (χ3n) is 5.64. The average molecular weight is 450 g/mol. The second-order valence-corrected chi connectivity index (χ2v) is 7.43. The number of carboxylic acid groups (broad SMARTS) is 1. The lowest BCUT2D eigenvalue weighted by molar-refractivity contribution is -0.116. The number of ether oxygens (including phenoxy) is 3. The van der Waals surface area contributed by atoms with Gasteiger partial charge in [0.15, 0.2) is 0 Å². The van der Waals surface area contributed by atoms with Crippen LogP contribution in [0.15, 0.2) is 48.7 Å². The molecule has 0 aliphatic carbocycles.